The van der Waals surface area contributed by atoms with Crippen LogP contribution in [-0.2, 0) is 19.4 Å². The molecule has 12 heteroatoms. The Balaban J connectivity index is 1.46. The van der Waals surface area contributed by atoms with E-state index in [2.05, 4.69) is 15.5 Å². The second-order valence-corrected chi connectivity index (χ2v) is 17.1. The molecule has 3 aliphatic heterocycles. The minimum atomic E-state index is -3.27. The number of alkyl carbamates (subject to hydrolysis) is 1. The number of ether oxygens (including phenoxy) is 1. The van der Waals surface area contributed by atoms with Gasteiger partial charge in [-0.3, -0.25) is 9.69 Å². The Labute approximate surface area is 246 Å². The van der Waals surface area contributed by atoms with E-state index in [1.54, 1.807) is 6.92 Å². The zero-order chi connectivity index (χ0) is 29.1. The first-order valence-electron chi connectivity index (χ1n) is 14.0. The highest BCUT2D eigenvalue weighted by Gasteiger charge is 2.44. The predicted octanol–water partition coefficient (Wildman–Crippen LogP) is 2.92. The number of nitrogens with zero attached hydrogens (tertiary/aromatic N) is 1. The first kappa shape index (κ1) is 31.5. The molecular weight excluding hydrogens is 571 g/mol. The van der Waals surface area contributed by atoms with Crippen LogP contribution in [0.25, 0.3) is 0 Å². The minimum absolute atomic E-state index is 0.00451. The number of thioether (sulfide) groups is 2. The minimum Gasteiger partial charge on any atom is -0.445 e. The molecule has 7 atom stereocenters. The number of hydrogen-bond donors (Lipinski definition) is 3. The highest BCUT2D eigenvalue weighted by atomic mass is 32.2. The second-order valence-electron chi connectivity index (χ2n) is 12.1. The van der Waals surface area contributed by atoms with Gasteiger partial charge in [-0.1, -0.05) is 18.2 Å². The molecule has 224 valence electrons. The number of likely N-dealkylation sites (tertiary alicyclic amines) is 1. The summed E-state index contributed by atoms with van der Waals surface area (Å²) in [4.78, 5) is 29.3. The molecule has 0 spiro atoms. The lowest BCUT2D eigenvalue weighted by atomic mass is 9.89. The molecule has 9 nitrogen and oxygen atoms in total. The van der Waals surface area contributed by atoms with Crippen molar-refractivity contribution in [2.45, 2.75) is 92.2 Å². The van der Waals surface area contributed by atoms with Gasteiger partial charge in [0.05, 0.1) is 29.2 Å². The number of hydrogen-bond acceptors (Lipinski definition) is 9. The third kappa shape index (κ3) is 8.30. The number of sulfone groups is 1. The Kier molecular flexibility index (Phi) is 10.4. The molecule has 3 aliphatic rings. The van der Waals surface area contributed by atoms with Crippen molar-refractivity contribution >= 4 is 45.4 Å². The quantitative estimate of drug-likeness (QED) is 0.361. The normalized spacial score (nSPS) is 29.8. The smallest absolute Gasteiger partial charge is 0.407 e. The van der Waals surface area contributed by atoms with Crippen LogP contribution in [0.1, 0.15) is 47.0 Å². The summed E-state index contributed by atoms with van der Waals surface area (Å²) in [5.74, 6) is 1.89. The van der Waals surface area contributed by atoms with Crippen LogP contribution in [0.5, 0.6) is 0 Å². The van der Waals surface area contributed by atoms with E-state index in [1.807, 2.05) is 62.9 Å². The lowest BCUT2D eigenvalue weighted by Crippen LogP contribution is -2.60. The maximum Gasteiger partial charge on any atom is 0.407 e. The summed E-state index contributed by atoms with van der Waals surface area (Å²) in [5.41, 5.74) is -0.369. The fourth-order valence-corrected chi connectivity index (χ4v) is 9.78. The lowest BCUT2D eigenvalue weighted by molar-refractivity contribution is -0.130. The maximum absolute atomic E-state index is 13.3. The largest absolute Gasteiger partial charge is 0.445 e. The van der Waals surface area contributed by atoms with E-state index in [-0.39, 0.29) is 36.2 Å². The molecule has 1 aromatic carbocycles. The first-order chi connectivity index (χ1) is 18.8. The van der Waals surface area contributed by atoms with Crippen LogP contribution < -0.4 is 10.6 Å². The zero-order valence-electron chi connectivity index (χ0n) is 23.7. The average Bonchev–Trinajstić information content (AvgIpc) is 3.44. The van der Waals surface area contributed by atoms with Crippen molar-refractivity contribution in [2.75, 3.05) is 30.3 Å². The number of aliphatic hydroxyl groups is 1. The topological polar surface area (TPSA) is 125 Å². The van der Waals surface area contributed by atoms with Crippen molar-refractivity contribution in [1.29, 1.82) is 0 Å². The molecule has 3 saturated heterocycles. The zero-order valence-corrected chi connectivity index (χ0v) is 26.2. The van der Waals surface area contributed by atoms with Crippen LogP contribution >= 0.6 is 23.5 Å². The molecule has 3 N–H and O–H groups in total. The number of aliphatic hydroxyl groups excluding tert-OH is 1. The molecule has 3 fully saturated rings. The first-order valence-corrected chi connectivity index (χ1v) is 17.8. The van der Waals surface area contributed by atoms with Gasteiger partial charge in [-0.15, -0.1) is 11.8 Å². The number of amides is 2. The molecule has 1 aromatic rings. The Morgan fingerprint density at radius 3 is 2.60 bits per heavy atom. The molecule has 3 heterocycles. The monoisotopic (exact) mass is 613 g/mol. The van der Waals surface area contributed by atoms with Crippen LogP contribution in [0, 0.1) is 5.92 Å². The highest BCUT2D eigenvalue weighted by Crippen LogP contribution is 2.40. The number of piperidine rings is 1. The molecule has 1 unspecified atom stereocenters. The van der Waals surface area contributed by atoms with Crippen LogP contribution in [-0.4, -0.2) is 101 Å². The SMILES string of the molecule is C[C@H]1[C@H](OC(=O)N[C@@H](CSc2ccccc2)[C@H](O)CN2C[C@H]3CCS[C@H]3CC2C(=O)NC(C)(C)C)CCS1(=O)=O. The number of β-amino-alcohol motifs (C(OH)–C–C–N with tert-alkyl or cyclic N) is 1. The summed E-state index contributed by atoms with van der Waals surface area (Å²) in [7, 11) is -3.27. The van der Waals surface area contributed by atoms with Crippen LogP contribution in [0.15, 0.2) is 35.2 Å². The molecule has 0 aromatic heterocycles. The molecule has 0 bridgehead atoms. The number of carbonyl (C=O) groups is 2. The summed E-state index contributed by atoms with van der Waals surface area (Å²) in [6.07, 6.45) is -0.327. The van der Waals surface area contributed by atoms with Gasteiger partial charge in [-0.2, -0.15) is 11.8 Å². The van der Waals surface area contributed by atoms with E-state index in [1.165, 1.54) is 11.8 Å². The van der Waals surface area contributed by atoms with Crippen LogP contribution in [0.4, 0.5) is 4.79 Å². The lowest BCUT2D eigenvalue weighted by Gasteiger charge is -2.43. The van der Waals surface area contributed by atoms with E-state index in [9.17, 15) is 23.1 Å². The molecule has 0 radical (unpaired) electrons. The van der Waals surface area contributed by atoms with E-state index in [0.29, 0.717) is 16.9 Å². The number of benzene rings is 1. The summed E-state index contributed by atoms with van der Waals surface area (Å²) in [6, 6.07) is 8.68. The Hall–Kier alpha value is -1.47. The van der Waals surface area contributed by atoms with Gasteiger partial charge in [0, 0.05) is 34.5 Å². The average molecular weight is 614 g/mol. The fourth-order valence-electron chi connectivity index (χ4n) is 5.62. The van der Waals surface area contributed by atoms with Gasteiger partial charge in [0.25, 0.3) is 0 Å². The van der Waals surface area contributed by atoms with E-state index in [0.717, 1.165) is 30.0 Å². The van der Waals surface area contributed by atoms with Crippen LogP contribution in [0.3, 0.4) is 0 Å². The van der Waals surface area contributed by atoms with Gasteiger partial charge >= 0.3 is 6.09 Å². The van der Waals surface area contributed by atoms with Crippen molar-refractivity contribution < 1.29 is 27.9 Å². The molecule has 0 aliphatic carbocycles. The summed E-state index contributed by atoms with van der Waals surface area (Å²) < 4.78 is 29.8. The van der Waals surface area contributed by atoms with Gasteiger partial charge in [-0.25, -0.2) is 13.2 Å². The standard InChI is InChI=1S/C28H43N3O6S3/c1-18-24(11-13-40(18,35)36)37-27(34)29-21(17-39-20-8-6-5-7-9-20)23(32)16-31-15-19-10-12-38-25(19)14-22(31)26(33)30-28(2,3)4/h5-9,18-19,21-25,32H,10-17H2,1-4H3,(H,29,34)(H,30,33)/t18-,19+,21-,22?,23+,24+,25-/m0/s1. The van der Waals surface area contributed by atoms with Gasteiger partial charge in [0.2, 0.25) is 5.91 Å². The summed E-state index contributed by atoms with van der Waals surface area (Å²) in [6.45, 7) is 8.39. The van der Waals surface area contributed by atoms with Gasteiger partial charge in [-0.05, 0) is 70.8 Å². The third-order valence-corrected chi connectivity index (χ3v) is 12.8. The third-order valence-electron chi connectivity index (χ3n) is 7.91. The van der Waals surface area contributed by atoms with Crippen LogP contribution in [0.2, 0.25) is 0 Å². The number of carbonyl (C=O) groups excluding carboxylic acids is 2. The highest BCUT2D eigenvalue weighted by molar-refractivity contribution is 8.00. The Morgan fingerprint density at radius 2 is 1.95 bits per heavy atom. The number of fused-ring (bicyclic) bond motifs is 1. The Morgan fingerprint density at radius 1 is 1.23 bits per heavy atom. The van der Waals surface area contributed by atoms with Crippen molar-refractivity contribution in [3.05, 3.63) is 30.3 Å². The fraction of sp³-hybridized carbons (Fsp3) is 0.714. The number of rotatable bonds is 9. The van der Waals surface area contributed by atoms with E-state index >= 15 is 0 Å². The van der Waals surface area contributed by atoms with Gasteiger partial charge in [0.15, 0.2) is 9.84 Å². The van der Waals surface area contributed by atoms with E-state index in [4.69, 9.17) is 4.74 Å². The molecule has 4 rings (SSSR count). The molecule has 2 amide bonds. The summed E-state index contributed by atoms with van der Waals surface area (Å²) >= 11 is 3.44. The maximum atomic E-state index is 13.3. The summed E-state index contributed by atoms with van der Waals surface area (Å²) in [5, 5.41) is 17.1. The molecule has 40 heavy (non-hydrogen) atoms. The predicted molar refractivity (Wildman–Crippen MR) is 160 cm³/mol. The van der Waals surface area contributed by atoms with Crippen molar-refractivity contribution in [3.63, 3.8) is 0 Å². The second kappa shape index (κ2) is 13.2. The van der Waals surface area contributed by atoms with Crippen molar-refractivity contribution in [2.24, 2.45) is 5.92 Å². The Bertz CT molecular complexity index is 1130. The van der Waals surface area contributed by atoms with Crippen molar-refractivity contribution in [1.82, 2.24) is 15.5 Å². The van der Waals surface area contributed by atoms with E-state index < -0.39 is 39.4 Å². The van der Waals surface area contributed by atoms with Gasteiger partial charge in [0.1, 0.15) is 6.10 Å². The molecule has 0 saturated carbocycles. The van der Waals surface area contributed by atoms with Gasteiger partial charge < -0.3 is 20.5 Å². The van der Waals surface area contributed by atoms with Crippen molar-refractivity contribution in [3.8, 4) is 0 Å². The number of nitrogens with one attached hydrogen (secondary N) is 2. The molecular formula is C28H43N3O6S3.